The topological polar surface area (TPSA) is 45.2 Å². The molecule has 1 N–H and O–H groups in total. The first kappa shape index (κ1) is 17.5. The van der Waals surface area contributed by atoms with Crippen molar-refractivity contribution in [3.63, 3.8) is 0 Å². The van der Waals surface area contributed by atoms with Gasteiger partial charge in [-0.05, 0) is 56.9 Å². The molecular formula is C21H27N3O. The summed E-state index contributed by atoms with van der Waals surface area (Å²) >= 11 is 0. The molecule has 1 amide bonds. The highest BCUT2D eigenvalue weighted by atomic mass is 16.1. The summed E-state index contributed by atoms with van der Waals surface area (Å²) < 4.78 is 0. The highest BCUT2D eigenvalue weighted by Gasteiger charge is 2.15. The Hall–Kier alpha value is -2.36. The average Bonchev–Trinajstić information content (AvgIpc) is 2.87. The maximum absolute atomic E-state index is 12.7. The highest BCUT2D eigenvalue weighted by Crippen LogP contribution is 2.23. The lowest BCUT2D eigenvalue weighted by Gasteiger charge is -2.21. The summed E-state index contributed by atoms with van der Waals surface area (Å²) in [5, 5.41) is 3.04. The fourth-order valence-corrected chi connectivity index (χ4v) is 3.58. The van der Waals surface area contributed by atoms with E-state index in [1.165, 1.54) is 31.2 Å². The Labute approximate surface area is 150 Å². The number of aromatic nitrogens is 1. The van der Waals surface area contributed by atoms with E-state index in [1.54, 1.807) is 6.07 Å². The lowest BCUT2D eigenvalue weighted by atomic mass is 10.0. The van der Waals surface area contributed by atoms with Crippen LogP contribution >= 0.6 is 0 Å². The van der Waals surface area contributed by atoms with E-state index in [9.17, 15) is 4.79 Å². The van der Waals surface area contributed by atoms with Gasteiger partial charge in [0.15, 0.2) is 0 Å². The first-order chi connectivity index (χ1) is 12.0. The predicted octanol–water partition coefficient (Wildman–Crippen LogP) is 4.64. The van der Waals surface area contributed by atoms with Gasteiger partial charge in [-0.25, -0.2) is 4.98 Å². The third-order valence-corrected chi connectivity index (χ3v) is 4.81. The van der Waals surface area contributed by atoms with Crippen LogP contribution < -0.4 is 10.2 Å². The van der Waals surface area contributed by atoms with Crippen LogP contribution in [0.5, 0.6) is 0 Å². The van der Waals surface area contributed by atoms with Gasteiger partial charge in [0.1, 0.15) is 11.5 Å². The minimum Gasteiger partial charge on any atom is -0.357 e. The first-order valence-electron chi connectivity index (χ1n) is 9.16. The second-order valence-electron chi connectivity index (χ2n) is 7.01. The summed E-state index contributed by atoms with van der Waals surface area (Å²) in [6.07, 6.45) is 4.95. The van der Waals surface area contributed by atoms with Crippen molar-refractivity contribution in [2.75, 3.05) is 23.3 Å². The number of hydrogen-bond acceptors (Lipinski definition) is 3. The average molecular weight is 337 g/mol. The van der Waals surface area contributed by atoms with E-state index in [0.29, 0.717) is 5.69 Å². The van der Waals surface area contributed by atoms with Gasteiger partial charge >= 0.3 is 0 Å². The number of nitrogens with one attached hydrogen (secondary N) is 1. The van der Waals surface area contributed by atoms with Crippen LogP contribution in [0.4, 0.5) is 11.5 Å². The van der Waals surface area contributed by atoms with E-state index in [-0.39, 0.29) is 5.91 Å². The Balaban J connectivity index is 1.80. The summed E-state index contributed by atoms with van der Waals surface area (Å²) in [5.74, 6) is 0.763. The van der Waals surface area contributed by atoms with Gasteiger partial charge in [0.25, 0.3) is 5.91 Å². The molecule has 3 rings (SSSR count). The van der Waals surface area contributed by atoms with Crippen LogP contribution in [0.3, 0.4) is 0 Å². The summed E-state index contributed by atoms with van der Waals surface area (Å²) in [4.78, 5) is 19.6. The second-order valence-corrected chi connectivity index (χ2v) is 7.01. The van der Waals surface area contributed by atoms with Gasteiger partial charge in [0.05, 0.1) is 0 Å². The van der Waals surface area contributed by atoms with Gasteiger partial charge in [-0.2, -0.15) is 0 Å². The summed E-state index contributed by atoms with van der Waals surface area (Å²) in [7, 11) is 0. The molecule has 4 heteroatoms. The molecule has 0 saturated carbocycles. The smallest absolute Gasteiger partial charge is 0.274 e. The molecule has 2 aromatic rings. The molecule has 1 aliphatic heterocycles. The molecule has 1 aliphatic rings. The monoisotopic (exact) mass is 337 g/mol. The van der Waals surface area contributed by atoms with E-state index in [4.69, 9.17) is 0 Å². The number of benzene rings is 1. The normalized spacial score (nSPS) is 14.9. The number of hydrogen-bond donors (Lipinski definition) is 1. The minimum absolute atomic E-state index is 0.147. The third-order valence-electron chi connectivity index (χ3n) is 4.81. The number of carbonyl (C=O) groups is 1. The van der Waals surface area contributed by atoms with E-state index >= 15 is 0 Å². The van der Waals surface area contributed by atoms with Crippen LogP contribution in [-0.2, 0) is 0 Å². The van der Waals surface area contributed by atoms with Crippen molar-refractivity contribution in [1.82, 2.24) is 4.98 Å². The molecule has 1 fully saturated rings. The molecule has 4 nitrogen and oxygen atoms in total. The number of anilines is 2. The van der Waals surface area contributed by atoms with Gasteiger partial charge in [-0.1, -0.05) is 36.6 Å². The zero-order valence-corrected chi connectivity index (χ0v) is 15.4. The number of amides is 1. The van der Waals surface area contributed by atoms with E-state index in [1.807, 2.05) is 26.0 Å². The van der Waals surface area contributed by atoms with Crippen LogP contribution in [-0.4, -0.2) is 24.0 Å². The van der Waals surface area contributed by atoms with Crippen molar-refractivity contribution in [3.8, 4) is 0 Å². The number of carbonyl (C=O) groups excluding carboxylic acids is 1. The predicted molar refractivity (Wildman–Crippen MR) is 104 cm³/mol. The zero-order valence-electron chi connectivity index (χ0n) is 15.4. The first-order valence-corrected chi connectivity index (χ1v) is 9.16. The molecule has 1 aromatic carbocycles. The van der Waals surface area contributed by atoms with Gasteiger partial charge in [0.2, 0.25) is 0 Å². The van der Waals surface area contributed by atoms with Crippen molar-refractivity contribution < 1.29 is 4.79 Å². The number of aryl methyl sites for hydroxylation is 3. The lowest BCUT2D eigenvalue weighted by Crippen LogP contribution is -2.26. The fourth-order valence-electron chi connectivity index (χ4n) is 3.58. The fraction of sp³-hybridized carbons (Fsp3) is 0.429. The quantitative estimate of drug-likeness (QED) is 0.887. The molecule has 132 valence electrons. The molecular weight excluding hydrogens is 310 g/mol. The molecule has 1 saturated heterocycles. The van der Waals surface area contributed by atoms with Crippen molar-refractivity contribution >= 4 is 17.4 Å². The number of nitrogens with zero attached hydrogens (tertiary/aromatic N) is 2. The highest BCUT2D eigenvalue weighted by molar-refractivity contribution is 6.04. The largest absolute Gasteiger partial charge is 0.357 e. The molecule has 2 heterocycles. The van der Waals surface area contributed by atoms with Gasteiger partial charge in [-0.3, -0.25) is 4.79 Å². The summed E-state index contributed by atoms with van der Waals surface area (Å²) in [6, 6.07) is 9.89. The summed E-state index contributed by atoms with van der Waals surface area (Å²) in [5.41, 5.74) is 4.72. The molecule has 0 radical (unpaired) electrons. The summed E-state index contributed by atoms with van der Waals surface area (Å²) in [6.45, 7) is 8.16. The molecule has 0 unspecified atom stereocenters. The van der Waals surface area contributed by atoms with Crippen LogP contribution in [0, 0.1) is 20.8 Å². The minimum atomic E-state index is -0.147. The van der Waals surface area contributed by atoms with Crippen LogP contribution in [0.1, 0.15) is 52.9 Å². The maximum atomic E-state index is 12.7. The van der Waals surface area contributed by atoms with E-state index < -0.39 is 0 Å². The molecule has 0 atom stereocenters. The molecule has 1 aromatic heterocycles. The Morgan fingerprint density at radius 1 is 1.00 bits per heavy atom. The Kier molecular flexibility index (Phi) is 5.37. The van der Waals surface area contributed by atoms with Crippen LogP contribution in [0.25, 0.3) is 0 Å². The van der Waals surface area contributed by atoms with Crippen molar-refractivity contribution in [2.24, 2.45) is 0 Å². The molecule has 0 spiro atoms. The molecule has 0 bridgehead atoms. The maximum Gasteiger partial charge on any atom is 0.274 e. The van der Waals surface area contributed by atoms with Crippen molar-refractivity contribution in [1.29, 1.82) is 0 Å². The number of pyridine rings is 1. The van der Waals surface area contributed by atoms with Crippen molar-refractivity contribution in [3.05, 3.63) is 52.7 Å². The molecule has 0 aliphatic carbocycles. The standard InChI is InChI=1S/C21H27N3O/c1-15-13-16(2)20(17(3)14-15)23-21(25)18-9-8-10-19(22-18)24-11-6-4-5-7-12-24/h8-10,13-14H,4-7,11-12H2,1-3H3,(H,23,25). The SMILES string of the molecule is Cc1cc(C)c(NC(=O)c2cccc(N3CCCCCC3)n2)c(C)c1. The Bertz CT molecular complexity index is 738. The lowest BCUT2D eigenvalue weighted by molar-refractivity contribution is 0.102. The van der Waals surface area contributed by atoms with Gasteiger partial charge in [0, 0.05) is 18.8 Å². The van der Waals surface area contributed by atoms with E-state index in [2.05, 4.69) is 34.3 Å². The zero-order chi connectivity index (χ0) is 17.8. The van der Waals surface area contributed by atoms with Gasteiger partial charge < -0.3 is 10.2 Å². The Morgan fingerprint density at radius 3 is 2.28 bits per heavy atom. The van der Waals surface area contributed by atoms with Gasteiger partial charge in [-0.15, -0.1) is 0 Å². The third kappa shape index (κ3) is 4.19. The van der Waals surface area contributed by atoms with Crippen LogP contribution in [0.15, 0.2) is 30.3 Å². The number of rotatable bonds is 3. The molecule has 25 heavy (non-hydrogen) atoms. The van der Waals surface area contributed by atoms with Crippen molar-refractivity contribution in [2.45, 2.75) is 46.5 Å². The Morgan fingerprint density at radius 2 is 1.64 bits per heavy atom. The van der Waals surface area contributed by atoms with E-state index in [0.717, 1.165) is 35.7 Å². The van der Waals surface area contributed by atoms with Crippen LogP contribution in [0.2, 0.25) is 0 Å². The second kappa shape index (κ2) is 7.68.